The van der Waals surface area contributed by atoms with E-state index in [0.717, 1.165) is 69.7 Å². The molecule has 4 aromatic rings. The van der Waals surface area contributed by atoms with Gasteiger partial charge in [-0.15, -0.1) is 0 Å². The number of aliphatic hydroxyl groups excluding tert-OH is 1. The lowest BCUT2D eigenvalue weighted by molar-refractivity contribution is 0.116. The summed E-state index contributed by atoms with van der Waals surface area (Å²) in [4.78, 5) is 9.30. The Labute approximate surface area is 180 Å². The molecule has 5 rings (SSSR count). The van der Waals surface area contributed by atoms with Crippen LogP contribution >= 0.6 is 11.3 Å². The number of hydrogen-bond donors (Lipinski definition) is 2. The number of nitrogens with one attached hydrogen (secondary N) is 1. The highest BCUT2D eigenvalue weighted by atomic mass is 32.1. The Morgan fingerprint density at radius 1 is 1.20 bits per heavy atom. The normalized spacial score (nSPS) is 19.4. The Morgan fingerprint density at radius 3 is 2.90 bits per heavy atom. The zero-order valence-corrected chi connectivity index (χ0v) is 18.0. The van der Waals surface area contributed by atoms with Crippen molar-refractivity contribution < 1.29 is 5.11 Å². The zero-order chi connectivity index (χ0) is 20.7. The summed E-state index contributed by atoms with van der Waals surface area (Å²) in [5.41, 5.74) is 6.51. The largest absolute Gasteiger partial charge is 0.391 e. The maximum Gasteiger partial charge on any atom is 0.184 e. The molecule has 1 aliphatic carbocycles. The summed E-state index contributed by atoms with van der Waals surface area (Å²) in [5, 5.41) is 14.6. The van der Waals surface area contributed by atoms with E-state index in [9.17, 15) is 5.11 Å². The van der Waals surface area contributed by atoms with Crippen LogP contribution in [0.1, 0.15) is 43.7 Å². The van der Waals surface area contributed by atoms with Gasteiger partial charge in [-0.25, -0.2) is 9.97 Å². The van der Waals surface area contributed by atoms with E-state index in [2.05, 4.69) is 57.8 Å². The monoisotopic (exact) mass is 418 g/mol. The van der Waals surface area contributed by atoms with Gasteiger partial charge in [0.2, 0.25) is 0 Å². The molecule has 0 saturated heterocycles. The fourth-order valence-electron chi connectivity index (χ4n) is 4.22. The highest BCUT2D eigenvalue weighted by molar-refractivity contribution is 7.22. The summed E-state index contributed by atoms with van der Waals surface area (Å²) in [5.74, 6) is 0. The zero-order valence-electron chi connectivity index (χ0n) is 17.1. The number of aromatic nitrogens is 3. The van der Waals surface area contributed by atoms with Crippen LogP contribution in [0.2, 0.25) is 0 Å². The van der Waals surface area contributed by atoms with Crippen LogP contribution in [-0.4, -0.2) is 31.8 Å². The van der Waals surface area contributed by atoms with Crippen LogP contribution < -0.4 is 5.32 Å². The second kappa shape index (κ2) is 7.85. The van der Waals surface area contributed by atoms with Crippen molar-refractivity contribution >= 4 is 43.3 Å². The first-order chi connectivity index (χ1) is 14.6. The van der Waals surface area contributed by atoms with Gasteiger partial charge in [0.1, 0.15) is 0 Å². The third-order valence-corrected chi connectivity index (χ3v) is 6.91. The topological polar surface area (TPSA) is 63.0 Å². The maximum absolute atomic E-state index is 10.2. The van der Waals surface area contributed by atoms with Crippen LogP contribution in [0.25, 0.3) is 26.8 Å². The molecular formula is C24H26N4OS. The first-order valence-electron chi connectivity index (χ1n) is 10.5. The first-order valence-corrected chi connectivity index (χ1v) is 11.3. The van der Waals surface area contributed by atoms with Crippen molar-refractivity contribution in [3.05, 3.63) is 60.4 Å². The highest BCUT2D eigenvalue weighted by Crippen LogP contribution is 2.30. The van der Waals surface area contributed by atoms with Crippen molar-refractivity contribution in [2.75, 3.05) is 5.32 Å². The molecule has 2 atom stereocenters. The number of imidazole rings is 1. The lowest BCUT2D eigenvalue weighted by Gasteiger charge is -2.27. The number of rotatable bonds is 5. The number of anilines is 1. The van der Waals surface area contributed by atoms with E-state index in [0.29, 0.717) is 0 Å². The first kappa shape index (κ1) is 19.3. The van der Waals surface area contributed by atoms with Crippen LogP contribution in [-0.2, 0) is 6.54 Å². The smallest absolute Gasteiger partial charge is 0.184 e. The minimum Gasteiger partial charge on any atom is -0.391 e. The Bertz CT molecular complexity index is 1220. The molecule has 0 amide bonds. The van der Waals surface area contributed by atoms with Gasteiger partial charge in [-0.2, -0.15) is 0 Å². The van der Waals surface area contributed by atoms with E-state index in [-0.39, 0.29) is 12.1 Å². The van der Waals surface area contributed by atoms with Crippen molar-refractivity contribution in [3.8, 4) is 0 Å². The standard InChI is InChI=1S/C24H26N4OS/c1-15(2)17-8-10-21-20(12-17)25-14-28(21)13-16-7-9-19-23(11-16)30-24(27-19)26-18-5-3-4-6-22(18)29/h7-12,14,18,22,29H,1,3-6,13H2,2H3,(H,26,27)/t18-,22-/m1/s1. The predicted octanol–water partition coefficient (Wildman–Crippen LogP) is 5.44. The molecule has 0 spiro atoms. The molecule has 0 aliphatic heterocycles. The van der Waals surface area contributed by atoms with Gasteiger partial charge in [0, 0.05) is 6.54 Å². The fraction of sp³-hybridized carbons (Fsp3) is 0.333. The summed E-state index contributed by atoms with van der Waals surface area (Å²) in [6.45, 7) is 6.80. The van der Waals surface area contributed by atoms with Crippen molar-refractivity contribution in [1.29, 1.82) is 0 Å². The van der Waals surface area contributed by atoms with E-state index in [1.54, 1.807) is 11.3 Å². The molecule has 2 aromatic carbocycles. The van der Waals surface area contributed by atoms with Crippen LogP contribution in [0.3, 0.4) is 0 Å². The van der Waals surface area contributed by atoms with Crippen LogP contribution in [0.15, 0.2) is 49.3 Å². The van der Waals surface area contributed by atoms with E-state index in [1.165, 1.54) is 5.56 Å². The Hall–Kier alpha value is -2.70. The Balaban J connectivity index is 1.37. The minimum absolute atomic E-state index is 0.111. The fourth-order valence-corrected chi connectivity index (χ4v) is 5.21. The van der Waals surface area contributed by atoms with Gasteiger partial charge < -0.3 is 15.0 Å². The van der Waals surface area contributed by atoms with Crippen molar-refractivity contribution in [3.63, 3.8) is 0 Å². The number of benzene rings is 2. The molecule has 1 fully saturated rings. The number of hydrogen-bond acceptors (Lipinski definition) is 5. The lowest BCUT2D eigenvalue weighted by Crippen LogP contribution is -2.36. The molecule has 0 radical (unpaired) electrons. The van der Waals surface area contributed by atoms with Gasteiger partial charge in [0.15, 0.2) is 5.13 Å². The molecular weight excluding hydrogens is 392 g/mol. The molecule has 1 aliphatic rings. The number of allylic oxidation sites excluding steroid dienone is 1. The van der Waals surface area contributed by atoms with E-state index < -0.39 is 0 Å². The summed E-state index contributed by atoms with van der Waals surface area (Å²) in [6.07, 6.45) is 5.78. The lowest BCUT2D eigenvalue weighted by atomic mass is 9.93. The minimum atomic E-state index is -0.277. The molecule has 0 unspecified atom stereocenters. The van der Waals surface area contributed by atoms with Gasteiger partial charge >= 0.3 is 0 Å². The van der Waals surface area contributed by atoms with Crippen molar-refractivity contribution in [2.45, 2.75) is 51.3 Å². The molecule has 0 bridgehead atoms. The van der Waals surface area contributed by atoms with Gasteiger partial charge in [0.25, 0.3) is 0 Å². The third-order valence-electron chi connectivity index (χ3n) is 5.96. The van der Waals surface area contributed by atoms with Crippen LogP contribution in [0.5, 0.6) is 0 Å². The van der Waals surface area contributed by atoms with Gasteiger partial charge in [0.05, 0.1) is 39.7 Å². The SMILES string of the molecule is C=C(C)c1ccc2c(c1)ncn2Cc1ccc2nc(N[C@@H]3CCCC[C@H]3O)sc2c1. The molecule has 2 N–H and O–H groups in total. The molecule has 154 valence electrons. The Morgan fingerprint density at radius 2 is 2.07 bits per heavy atom. The molecule has 2 heterocycles. The second-order valence-corrected chi connectivity index (χ2v) is 9.31. The summed E-state index contributed by atoms with van der Waals surface area (Å²) >= 11 is 1.66. The van der Waals surface area contributed by atoms with E-state index >= 15 is 0 Å². The van der Waals surface area contributed by atoms with Crippen LogP contribution in [0.4, 0.5) is 5.13 Å². The number of fused-ring (bicyclic) bond motifs is 2. The van der Waals surface area contributed by atoms with Crippen molar-refractivity contribution in [2.24, 2.45) is 0 Å². The molecule has 5 nitrogen and oxygen atoms in total. The van der Waals surface area contributed by atoms with Gasteiger partial charge in [-0.05, 0) is 55.2 Å². The molecule has 6 heteroatoms. The summed E-state index contributed by atoms with van der Waals surface area (Å²) in [7, 11) is 0. The second-order valence-electron chi connectivity index (χ2n) is 8.28. The van der Waals surface area contributed by atoms with Gasteiger partial charge in [-0.1, -0.05) is 48.5 Å². The van der Waals surface area contributed by atoms with E-state index in [4.69, 9.17) is 4.98 Å². The number of aliphatic hydroxyl groups is 1. The van der Waals surface area contributed by atoms with Crippen LogP contribution in [0, 0.1) is 0 Å². The number of nitrogens with zero attached hydrogens (tertiary/aromatic N) is 3. The highest BCUT2D eigenvalue weighted by Gasteiger charge is 2.23. The number of thiazole rings is 1. The molecule has 2 aromatic heterocycles. The van der Waals surface area contributed by atoms with Crippen molar-refractivity contribution in [1.82, 2.24) is 14.5 Å². The average Bonchev–Trinajstić information content (AvgIpc) is 3.32. The summed E-state index contributed by atoms with van der Waals surface area (Å²) < 4.78 is 3.34. The van der Waals surface area contributed by atoms with E-state index in [1.807, 2.05) is 13.3 Å². The van der Waals surface area contributed by atoms with Gasteiger partial charge in [-0.3, -0.25) is 0 Å². The molecule has 30 heavy (non-hydrogen) atoms. The predicted molar refractivity (Wildman–Crippen MR) is 125 cm³/mol. The molecule has 1 saturated carbocycles. The third kappa shape index (κ3) is 3.73. The summed E-state index contributed by atoms with van der Waals surface area (Å²) in [6, 6.07) is 12.9. The maximum atomic E-state index is 10.2. The quantitative estimate of drug-likeness (QED) is 0.453. The Kier molecular flexibility index (Phi) is 5.05. The average molecular weight is 419 g/mol.